The number of rotatable bonds is 9. The number of nitrogens with two attached hydrogens (primary N) is 4. The second kappa shape index (κ2) is 21.0. The number of aliphatic hydroxyl groups is 2. The first-order valence-electron chi connectivity index (χ1n) is 6.33. The van der Waals surface area contributed by atoms with E-state index in [4.69, 9.17) is 43.0 Å². The quantitative estimate of drug-likeness (QED) is 0.211. The molecule has 0 rings (SSSR count). The molecule has 11 N–H and O–H groups in total. The summed E-state index contributed by atoms with van der Waals surface area (Å²) in [6, 6.07) is -0.979. The molecule has 10 nitrogen and oxygen atoms in total. The van der Waals surface area contributed by atoms with Crippen molar-refractivity contribution in [2.45, 2.75) is 18.9 Å². The van der Waals surface area contributed by atoms with Gasteiger partial charge in [0.15, 0.2) is 0 Å². The van der Waals surface area contributed by atoms with Gasteiger partial charge in [0.1, 0.15) is 6.04 Å². The summed E-state index contributed by atoms with van der Waals surface area (Å²) in [5.41, 5.74) is 19.7. The van der Waals surface area contributed by atoms with Crippen molar-refractivity contribution in [3.63, 3.8) is 0 Å². The summed E-state index contributed by atoms with van der Waals surface area (Å²) >= 11 is 0. The van der Waals surface area contributed by atoms with Gasteiger partial charge in [0.25, 0.3) is 0 Å². The van der Waals surface area contributed by atoms with E-state index in [1.54, 1.807) is 0 Å². The fourth-order valence-electron chi connectivity index (χ4n) is 0.671. The first kappa shape index (κ1) is 24.7. The highest BCUT2D eigenvalue weighted by molar-refractivity contribution is 5.76. The van der Waals surface area contributed by atoms with Crippen LogP contribution < -0.4 is 22.9 Å². The molecule has 0 heterocycles. The Kier molecular flexibility index (Phi) is 24.7. The van der Waals surface area contributed by atoms with Crippen LogP contribution >= 0.6 is 0 Å². The minimum Gasteiger partial charge on any atom is -0.480 e. The van der Waals surface area contributed by atoms with E-state index < -0.39 is 17.9 Å². The van der Waals surface area contributed by atoms with Crippen molar-refractivity contribution in [1.82, 2.24) is 0 Å². The van der Waals surface area contributed by atoms with Gasteiger partial charge in [-0.2, -0.15) is 0 Å². The molecule has 0 unspecified atom stereocenters. The van der Waals surface area contributed by atoms with Gasteiger partial charge in [-0.3, -0.25) is 9.59 Å². The molecule has 0 saturated heterocycles. The van der Waals surface area contributed by atoms with E-state index in [-0.39, 0.29) is 26.1 Å². The number of aliphatic carboxylic acids is 1. The molecule has 1 amide bonds. The van der Waals surface area contributed by atoms with Crippen LogP contribution in [-0.4, -0.2) is 72.8 Å². The lowest BCUT2D eigenvalue weighted by atomic mass is 10.2. The summed E-state index contributed by atoms with van der Waals surface area (Å²) in [7, 11) is 0. The fourth-order valence-corrected chi connectivity index (χ4v) is 0.671. The molecule has 0 aromatic carbocycles. The smallest absolute Gasteiger partial charge is 0.320 e. The minimum absolute atomic E-state index is 0.0213. The van der Waals surface area contributed by atoms with Crippen LogP contribution in [0.4, 0.5) is 0 Å². The summed E-state index contributed by atoms with van der Waals surface area (Å²) in [4.78, 5) is 20.1. The molecular formula is C11H28N4O6. The van der Waals surface area contributed by atoms with Crippen molar-refractivity contribution in [2.75, 3.05) is 39.5 Å². The zero-order chi connectivity index (χ0) is 17.1. The van der Waals surface area contributed by atoms with Crippen molar-refractivity contribution in [3.05, 3.63) is 0 Å². The van der Waals surface area contributed by atoms with Gasteiger partial charge in [-0.1, -0.05) is 0 Å². The number of hydrogen-bond acceptors (Lipinski definition) is 8. The number of aliphatic hydroxyl groups excluding tert-OH is 2. The molecular weight excluding hydrogens is 284 g/mol. The van der Waals surface area contributed by atoms with Crippen molar-refractivity contribution >= 4 is 11.9 Å². The Morgan fingerprint density at radius 2 is 1.57 bits per heavy atom. The zero-order valence-electron chi connectivity index (χ0n) is 12.1. The number of carboxylic acid groups (broad SMARTS) is 1. The standard InChI is InChI=1S/C5H10N2O3.C4H11NO2.C2H7NO/c6-3(5(9)10)1-2-4(7)8;5-1-3-7-4-2-6;3-1-2-4/h3H,1-2,6H2,(H2,7,8)(H,9,10);6H,1-5H2;4H,1-3H2/t3-;;/m0../s1. The number of primary amides is 1. The van der Waals surface area contributed by atoms with Gasteiger partial charge in [0, 0.05) is 19.5 Å². The van der Waals surface area contributed by atoms with Gasteiger partial charge in [-0.25, -0.2) is 0 Å². The van der Waals surface area contributed by atoms with Crippen molar-refractivity contribution in [1.29, 1.82) is 0 Å². The van der Waals surface area contributed by atoms with Crippen LogP contribution in [0.3, 0.4) is 0 Å². The van der Waals surface area contributed by atoms with Crippen LogP contribution in [0, 0.1) is 0 Å². The van der Waals surface area contributed by atoms with E-state index in [9.17, 15) is 9.59 Å². The molecule has 0 bridgehead atoms. The highest BCUT2D eigenvalue weighted by Crippen LogP contribution is 1.92. The van der Waals surface area contributed by atoms with Gasteiger partial charge in [-0.15, -0.1) is 0 Å². The molecule has 0 aromatic heterocycles. The predicted molar refractivity (Wildman–Crippen MR) is 77.1 cm³/mol. The normalized spacial score (nSPS) is 10.5. The highest BCUT2D eigenvalue weighted by atomic mass is 16.5. The van der Waals surface area contributed by atoms with Crippen LogP contribution in [0.5, 0.6) is 0 Å². The lowest BCUT2D eigenvalue weighted by Crippen LogP contribution is -2.31. The average molecular weight is 312 g/mol. The molecule has 0 fully saturated rings. The van der Waals surface area contributed by atoms with Crippen LogP contribution in [0.2, 0.25) is 0 Å². The van der Waals surface area contributed by atoms with Crippen molar-refractivity contribution in [2.24, 2.45) is 22.9 Å². The Labute approximate surface area is 124 Å². The Balaban J connectivity index is -0.000000256. The molecule has 128 valence electrons. The minimum atomic E-state index is -1.11. The lowest BCUT2D eigenvalue weighted by molar-refractivity contribution is -0.138. The SMILES string of the molecule is NC(=O)CC[C@H](N)C(=O)O.NCCO.NCCOCCO. The molecule has 0 aromatic rings. The van der Waals surface area contributed by atoms with Gasteiger partial charge >= 0.3 is 5.97 Å². The van der Waals surface area contributed by atoms with E-state index in [0.29, 0.717) is 26.3 Å². The lowest BCUT2D eigenvalue weighted by Gasteiger charge is -2.01. The Hall–Kier alpha value is -1.30. The van der Waals surface area contributed by atoms with Gasteiger partial charge < -0.3 is 43.0 Å². The number of carbonyl (C=O) groups is 2. The second-order valence-electron chi connectivity index (χ2n) is 3.59. The zero-order valence-corrected chi connectivity index (χ0v) is 12.1. The molecule has 0 aliphatic heterocycles. The number of carboxylic acids is 1. The van der Waals surface area contributed by atoms with E-state index in [1.807, 2.05) is 0 Å². The predicted octanol–water partition coefficient (Wildman–Crippen LogP) is -3.44. The maximum absolute atomic E-state index is 10.1. The third kappa shape index (κ3) is 32.3. The van der Waals surface area contributed by atoms with E-state index in [1.165, 1.54) is 0 Å². The Morgan fingerprint density at radius 3 is 1.86 bits per heavy atom. The molecule has 0 aliphatic carbocycles. The molecule has 1 atom stereocenters. The van der Waals surface area contributed by atoms with Gasteiger partial charge in [-0.05, 0) is 6.42 Å². The highest BCUT2D eigenvalue weighted by Gasteiger charge is 2.11. The first-order chi connectivity index (χ1) is 9.87. The van der Waals surface area contributed by atoms with Gasteiger partial charge in [0.05, 0.1) is 26.4 Å². The monoisotopic (exact) mass is 312 g/mol. The first-order valence-corrected chi connectivity index (χ1v) is 6.33. The summed E-state index contributed by atoms with van der Waals surface area (Å²) in [6.45, 7) is 2.03. The molecule has 0 radical (unpaired) electrons. The van der Waals surface area contributed by atoms with E-state index in [0.717, 1.165) is 0 Å². The molecule has 21 heavy (non-hydrogen) atoms. The summed E-state index contributed by atoms with van der Waals surface area (Å²) in [5.74, 6) is -1.64. The molecule has 10 heteroatoms. The number of hydrogen-bond donors (Lipinski definition) is 7. The molecule has 0 spiro atoms. The topological polar surface area (TPSA) is 208 Å². The van der Waals surface area contributed by atoms with Crippen molar-refractivity contribution in [3.8, 4) is 0 Å². The Bertz CT molecular complexity index is 237. The van der Waals surface area contributed by atoms with Crippen LogP contribution in [-0.2, 0) is 14.3 Å². The van der Waals surface area contributed by atoms with E-state index >= 15 is 0 Å². The maximum atomic E-state index is 10.1. The van der Waals surface area contributed by atoms with E-state index in [2.05, 4.69) is 0 Å². The fraction of sp³-hybridized carbons (Fsp3) is 0.818. The number of carbonyl (C=O) groups excluding carboxylic acids is 1. The number of amides is 1. The largest absolute Gasteiger partial charge is 0.480 e. The van der Waals surface area contributed by atoms with Crippen molar-refractivity contribution < 1.29 is 29.6 Å². The summed E-state index contributed by atoms with van der Waals surface area (Å²) < 4.78 is 4.76. The van der Waals surface area contributed by atoms with Crippen LogP contribution in [0.25, 0.3) is 0 Å². The second-order valence-corrected chi connectivity index (χ2v) is 3.59. The molecule has 0 aliphatic rings. The van der Waals surface area contributed by atoms with Crippen LogP contribution in [0.15, 0.2) is 0 Å². The maximum Gasteiger partial charge on any atom is 0.320 e. The summed E-state index contributed by atoms with van der Waals surface area (Å²) in [5, 5.41) is 24.1. The average Bonchev–Trinajstić information content (AvgIpc) is 2.46. The summed E-state index contributed by atoms with van der Waals surface area (Å²) in [6.07, 6.45) is 0.123. The van der Waals surface area contributed by atoms with Crippen LogP contribution in [0.1, 0.15) is 12.8 Å². The third-order valence-corrected chi connectivity index (χ3v) is 1.65. The number of ether oxygens (including phenoxy) is 1. The third-order valence-electron chi connectivity index (χ3n) is 1.65. The molecule has 0 saturated carbocycles. The Morgan fingerprint density at radius 1 is 1.05 bits per heavy atom. The van der Waals surface area contributed by atoms with Gasteiger partial charge in [0.2, 0.25) is 5.91 Å².